The lowest BCUT2D eigenvalue weighted by atomic mass is 9.95. The molecule has 2 aromatic rings. The van der Waals surface area contributed by atoms with Crippen molar-refractivity contribution in [2.45, 2.75) is 51.0 Å². The van der Waals surface area contributed by atoms with Crippen LogP contribution in [0, 0.1) is 0 Å². The zero-order valence-corrected chi connectivity index (χ0v) is 15.7. The lowest BCUT2D eigenvalue weighted by molar-refractivity contribution is 0.0922. The molecule has 0 unspecified atom stereocenters. The lowest BCUT2D eigenvalue weighted by Gasteiger charge is -2.22. The molecule has 1 aromatic carbocycles. The monoisotopic (exact) mass is 365 g/mol. The number of benzene rings is 1. The normalized spacial score (nSPS) is 17.7. The first-order valence-electron chi connectivity index (χ1n) is 10.0. The molecule has 1 aliphatic heterocycles. The molecule has 2 N–H and O–H groups in total. The van der Waals surface area contributed by atoms with Gasteiger partial charge < -0.3 is 15.5 Å². The molecular formula is C21H27N5O. The number of hydrogen-bond donors (Lipinski definition) is 2. The Labute approximate surface area is 160 Å². The minimum absolute atomic E-state index is 0.114. The van der Waals surface area contributed by atoms with Crippen LogP contribution in [0.4, 0.5) is 17.3 Å². The Kier molecular flexibility index (Phi) is 5.51. The highest BCUT2D eigenvalue weighted by molar-refractivity contribution is 5.92. The maximum absolute atomic E-state index is 12.5. The lowest BCUT2D eigenvalue weighted by Crippen LogP contribution is -2.36. The summed E-state index contributed by atoms with van der Waals surface area (Å²) in [5.74, 6) is 0.331. The molecule has 1 saturated heterocycles. The molecule has 4 rings (SSSR count). The van der Waals surface area contributed by atoms with Gasteiger partial charge in [0, 0.05) is 36.7 Å². The summed E-state index contributed by atoms with van der Waals surface area (Å²) in [5, 5.41) is 6.30. The number of rotatable bonds is 5. The molecule has 1 amide bonds. The summed E-state index contributed by atoms with van der Waals surface area (Å²) in [5.41, 5.74) is 2.58. The van der Waals surface area contributed by atoms with E-state index in [2.05, 4.69) is 37.6 Å². The van der Waals surface area contributed by atoms with E-state index in [0.717, 1.165) is 31.6 Å². The highest BCUT2D eigenvalue weighted by atomic mass is 16.1. The Hall–Kier alpha value is -2.63. The number of nitrogens with one attached hydrogen (secondary N) is 2. The standard InChI is InChI=1S/C21H27N5O/c27-20(23-16-6-2-1-3-7-16)19-12-13-22-21(25-19)24-17-8-10-18(11-9-17)26-14-4-5-15-26/h8-13,16H,1-7,14-15H2,(H,23,27)(H,22,24,25). The number of hydrogen-bond acceptors (Lipinski definition) is 5. The highest BCUT2D eigenvalue weighted by Crippen LogP contribution is 2.23. The van der Waals surface area contributed by atoms with E-state index < -0.39 is 0 Å². The van der Waals surface area contributed by atoms with E-state index in [1.165, 1.54) is 37.8 Å². The van der Waals surface area contributed by atoms with Crippen molar-refractivity contribution in [2.75, 3.05) is 23.3 Å². The van der Waals surface area contributed by atoms with Crippen molar-refractivity contribution in [3.05, 3.63) is 42.2 Å². The molecule has 0 spiro atoms. The minimum Gasteiger partial charge on any atom is -0.372 e. The summed E-state index contributed by atoms with van der Waals surface area (Å²) in [6.07, 6.45) is 9.93. The van der Waals surface area contributed by atoms with E-state index >= 15 is 0 Å². The molecule has 2 heterocycles. The highest BCUT2D eigenvalue weighted by Gasteiger charge is 2.18. The maximum Gasteiger partial charge on any atom is 0.270 e. The molecule has 0 bridgehead atoms. The number of aromatic nitrogens is 2. The van der Waals surface area contributed by atoms with Gasteiger partial charge in [-0.15, -0.1) is 0 Å². The third-order valence-electron chi connectivity index (χ3n) is 5.42. The third kappa shape index (κ3) is 4.56. The van der Waals surface area contributed by atoms with Crippen LogP contribution in [0.25, 0.3) is 0 Å². The molecule has 2 aliphatic rings. The first kappa shape index (κ1) is 17.8. The first-order chi connectivity index (χ1) is 13.3. The molecule has 1 aromatic heterocycles. The molecule has 1 aliphatic carbocycles. The Balaban J connectivity index is 1.39. The smallest absolute Gasteiger partial charge is 0.270 e. The second kappa shape index (κ2) is 8.37. The van der Waals surface area contributed by atoms with Crippen LogP contribution in [0.1, 0.15) is 55.4 Å². The van der Waals surface area contributed by atoms with Crippen LogP contribution in [-0.2, 0) is 0 Å². The second-order valence-electron chi connectivity index (χ2n) is 7.44. The van der Waals surface area contributed by atoms with Crippen molar-refractivity contribution < 1.29 is 4.79 Å². The average Bonchev–Trinajstić information content (AvgIpc) is 3.24. The van der Waals surface area contributed by atoms with Crippen LogP contribution in [0.5, 0.6) is 0 Å². The van der Waals surface area contributed by atoms with Crippen LogP contribution in [0.2, 0.25) is 0 Å². The van der Waals surface area contributed by atoms with Gasteiger partial charge in [0.15, 0.2) is 0 Å². The van der Waals surface area contributed by atoms with Gasteiger partial charge in [0.05, 0.1) is 0 Å². The number of amides is 1. The third-order valence-corrected chi connectivity index (χ3v) is 5.42. The Morgan fingerprint density at radius 3 is 2.44 bits per heavy atom. The van der Waals surface area contributed by atoms with E-state index in [9.17, 15) is 4.79 Å². The predicted molar refractivity (Wildman–Crippen MR) is 108 cm³/mol. The SMILES string of the molecule is O=C(NC1CCCCC1)c1ccnc(Nc2ccc(N3CCCC3)cc2)n1. The van der Waals surface area contributed by atoms with Gasteiger partial charge in [0.2, 0.25) is 5.95 Å². The van der Waals surface area contributed by atoms with E-state index in [-0.39, 0.29) is 11.9 Å². The quantitative estimate of drug-likeness (QED) is 0.841. The van der Waals surface area contributed by atoms with Crippen LogP contribution in [-0.4, -0.2) is 35.0 Å². The zero-order chi connectivity index (χ0) is 18.5. The van der Waals surface area contributed by atoms with E-state index in [4.69, 9.17) is 0 Å². The fraction of sp³-hybridized carbons (Fsp3) is 0.476. The molecule has 27 heavy (non-hydrogen) atoms. The number of carbonyl (C=O) groups excluding carboxylic acids is 1. The van der Waals surface area contributed by atoms with Gasteiger partial charge in [0.25, 0.3) is 5.91 Å². The molecule has 6 nitrogen and oxygen atoms in total. The zero-order valence-electron chi connectivity index (χ0n) is 15.7. The van der Waals surface area contributed by atoms with Crippen LogP contribution in [0.3, 0.4) is 0 Å². The first-order valence-corrected chi connectivity index (χ1v) is 10.0. The molecule has 142 valence electrons. The van der Waals surface area contributed by atoms with Crippen LogP contribution >= 0.6 is 0 Å². The molecule has 2 fully saturated rings. The Morgan fingerprint density at radius 2 is 1.70 bits per heavy atom. The van der Waals surface area contributed by atoms with Gasteiger partial charge >= 0.3 is 0 Å². The largest absolute Gasteiger partial charge is 0.372 e. The van der Waals surface area contributed by atoms with E-state index in [1.807, 2.05) is 12.1 Å². The van der Waals surface area contributed by atoms with Crippen molar-refractivity contribution in [1.29, 1.82) is 0 Å². The van der Waals surface area contributed by atoms with Crippen LogP contribution < -0.4 is 15.5 Å². The van der Waals surface area contributed by atoms with Crippen LogP contribution in [0.15, 0.2) is 36.5 Å². The minimum atomic E-state index is -0.114. The topological polar surface area (TPSA) is 70.2 Å². The van der Waals surface area contributed by atoms with Gasteiger partial charge in [-0.2, -0.15) is 0 Å². The summed E-state index contributed by atoms with van der Waals surface area (Å²) in [7, 11) is 0. The molecule has 0 radical (unpaired) electrons. The summed E-state index contributed by atoms with van der Waals surface area (Å²) in [4.78, 5) is 23.5. The maximum atomic E-state index is 12.5. The molecule has 0 atom stereocenters. The van der Waals surface area contributed by atoms with Gasteiger partial charge in [0.1, 0.15) is 5.69 Å². The van der Waals surface area contributed by atoms with Crippen molar-refractivity contribution in [2.24, 2.45) is 0 Å². The van der Waals surface area contributed by atoms with E-state index in [1.54, 1.807) is 12.3 Å². The summed E-state index contributed by atoms with van der Waals surface area (Å²) in [6, 6.07) is 10.2. The fourth-order valence-electron chi connectivity index (χ4n) is 3.91. The number of nitrogens with zero attached hydrogens (tertiary/aromatic N) is 3. The van der Waals surface area contributed by atoms with Gasteiger partial charge in [-0.1, -0.05) is 19.3 Å². The second-order valence-corrected chi connectivity index (χ2v) is 7.44. The van der Waals surface area contributed by atoms with Gasteiger partial charge in [-0.25, -0.2) is 9.97 Å². The molecule has 1 saturated carbocycles. The Bertz CT molecular complexity index is 764. The Morgan fingerprint density at radius 1 is 0.963 bits per heavy atom. The fourth-order valence-corrected chi connectivity index (χ4v) is 3.91. The number of carbonyl (C=O) groups is 1. The van der Waals surface area contributed by atoms with Gasteiger partial charge in [-0.3, -0.25) is 4.79 Å². The molecule has 6 heteroatoms. The average molecular weight is 365 g/mol. The summed E-state index contributed by atoms with van der Waals surface area (Å²) in [6.45, 7) is 2.27. The number of anilines is 3. The van der Waals surface area contributed by atoms with E-state index in [0.29, 0.717) is 11.6 Å². The van der Waals surface area contributed by atoms with Gasteiger partial charge in [-0.05, 0) is 56.0 Å². The van der Waals surface area contributed by atoms with Crippen molar-refractivity contribution in [3.8, 4) is 0 Å². The predicted octanol–water partition coefficient (Wildman–Crippen LogP) is 3.88. The summed E-state index contributed by atoms with van der Waals surface area (Å²) < 4.78 is 0. The molecular weight excluding hydrogens is 338 g/mol. The van der Waals surface area contributed by atoms with Crippen molar-refractivity contribution in [1.82, 2.24) is 15.3 Å². The van der Waals surface area contributed by atoms with Crippen molar-refractivity contribution >= 4 is 23.2 Å². The van der Waals surface area contributed by atoms with Crippen molar-refractivity contribution in [3.63, 3.8) is 0 Å². The summed E-state index contributed by atoms with van der Waals surface area (Å²) >= 11 is 0.